The van der Waals surface area contributed by atoms with Crippen molar-refractivity contribution in [1.29, 1.82) is 0 Å². The quantitative estimate of drug-likeness (QED) is 0.478. The Balaban J connectivity index is 1.34. The Kier molecular flexibility index (Phi) is 9.00. The predicted molar refractivity (Wildman–Crippen MR) is 160 cm³/mol. The van der Waals surface area contributed by atoms with Crippen molar-refractivity contribution in [3.8, 4) is 0 Å². The highest BCUT2D eigenvalue weighted by Gasteiger charge is 2.34. The molecule has 0 amide bonds. The van der Waals surface area contributed by atoms with Crippen LogP contribution in [0, 0.1) is 11.8 Å². The SMILES string of the molecule is C[C@@H]1C[C@@H](C)CN(c2cc(N3CCCCCC3)nc(NC(=S)NCC3(c4ccccc4)CCOCC3)n2)C1. The molecule has 3 fully saturated rings. The van der Waals surface area contributed by atoms with E-state index in [1.54, 1.807) is 0 Å². The first kappa shape index (κ1) is 27.1. The molecule has 2 atom stereocenters. The second kappa shape index (κ2) is 12.6. The zero-order chi connectivity index (χ0) is 26.4. The van der Waals surface area contributed by atoms with E-state index >= 15 is 0 Å². The van der Waals surface area contributed by atoms with Gasteiger partial charge in [0.25, 0.3) is 0 Å². The Morgan fingerprint density at radius 2 is 1.58 bits per heavy atom. The number of benzene rings is 1. The van der Waals surface area contributed by atoms with Crippen LogP contribution < -0.4 is 20.4 Å². The standard InChI is InChI=1S/C30H44N6OS/c1-23-18-24(2)21-36(20-23)27-19-26(35-14-8-3-4-9-15-35)32-28(33-27)34-29(38)31-22-30(12-16-37-17-13-30)25-10-6-5-7-11-25/h5-7,10-11,19,23-24H,3-4,8-9,12-18,20-22H2,1-2H3,(H2,31,32,33,34,38)/t23-,24-/m1/s1. The number of ether oxygens (including phenoxy) is 1. The Labute approximate surface area is 233 Å². The molecule has 3 saturated heterocycles. The highest BCUT2D eigenvalue weighted by molar-refractivity contribution is 7.80. The van der Waals surface area contributed by atoms with Crippen molar-refractivity contribution in [2.75, 3.05) is 61.1 Å². The summed E-state index contributed by atoms with van der Waals surface area (Å²) in [4.78, 5) is 14.8. The molecule has 0 bridgehead atoms. The van der Waals surface area contributed by atoms with Gasteiger partial charge in [-0.1, -0.05) is 57.0 Å². The van der Waals surface area contributed by atoms with Gasteiger partial charge in [-0.25, -0.2) is 0 Å². The zero-order valence-electron chi connectivity index (χ0n) is 23.1. The number of piperidine rings is 1. The first-order valence-electron chi connectivity index (χ1n) is 14.6. The van der Waals surface area contributed by atoms with Crippen LogP contribution in [-0.4, -0.2) is 61.0 Å². The second-order valence-corrected chi connectivity index (χ2v) is 12.1. The summed E-state index contributed by atoms with van der Waals surface area (Å²) in [6.07, 6.45) is 8.24. The summed E-state index contributed by atoms with van der Waals surface area (Å²) in [5.41, 5.74) is 1.35. The van der Waals surface area contributed by atoms with Crippen LogP contribution in [0.25, 0.3) is 0 Å². The van der Waals surface area contributed by atoms with Crippen LogP contribution in [0.2, 0.25) is 0 Å². The molecule has 8 heteroatoms. The van der Waals surface area contributed by atoms with Crippen molar-refractivity contribution < 1.29 is 4.74 Å². The molecule has 3 aliphatic rings. The monoisotopic (exact) mass is 536 g/mol. The predicted octanol–water partition coefficient (Wildman–Crippen LogP) is 5.37. The summed E-state index contributed by atoms with van der Waals surface area (Å²) in [6, 6.07) is 13.0. The minimum absolute atomic E-state index is 0.00520. The van der Waals surface area contributed by atoms with E-state index in [1.165, 1.54) is 37.7 Å². The smallest absolute Gasteiger partial charge is 0.232 e. The van der Waals surface area contributed by atoms with E-state index in [4.69, 9.17) is 26.9 Å². The first-order chi connectivity index (χ1) is 18.5. The lowest BCUT2D eigenvalue weighted by molar-refractivity contribution is 0.0515. The first-order valence-corrected chi connectivity index (χ1v) is 15.0. The molecule has 3 aliphatic heterocycles. The Bertz CT molecular complexity index is 1040. The number of rotatable bonds is 6. The highest BCUT2D eigenvalue weighted by Crippen LogP contribution is 2.34. The van der Waals surface area contributed by atoms with Gasteiger partial charge in [0.1, 0.15) is 11.6 Å². The third-order valence-electron chi connectivity index (χ3n) is 8.47. The van der Waals surface area contributed by atoms with Gasteiger partial charge in [0.2, 0.25) is 5.95 Å². The summed E-state index contributed by atoms with van der Waals surface area (Å²) in [6.45, 7) is 11.1. The third kappa shape index (κ3) is 6.75. The molecule has 4 heterocycles. The molecular weight excluding hydrogens is 492 g/mol. The Morgan fingerprint density at radius 3 is 2.24 bits per heavy atom. The lowest BCUT2D eigenvalue weighted by Crippen LogP contribution is -2.45. The molecule has 1 aromatic heterocycles. The fraction of sp³-hybridized carbons (Fsp3) is 0.633. The topological polar surface area (TPSA) is 65.5 Å². The van der Waals surface area contributed by atoms with Gasteiger partial charge in [0.05, 0.1) is 0 Å². The molecule has 0 radical (unpaired) electrons. The molecule has 7 nitrogen and oxygen atoms in total. The van der Waals surface area contributed by atoms with Crippen molar-refractivity contribution in [2.45, 2.75) is 64.2 Å². The summed E-state index contributed by atoms with van der Waals surface area (Å²) >= 11 is 5.80. The van der Waals surface area contributed by atoms with E-state index in [0.717, 1.165) is 70.4 Å². The average Bonchev–Trinajstić information content (AvgIpc) is 3.22. The molecule has 0 saturated carbocycles. The van der Waals surface area contributed by atoms with Gasteiger partial charge in [0, 0.05) is 57.4 Å². The maximum atomic E-state index is 5.80. The van der Waals surface area contributed by atoms with E-state index in [9.17, 15) is 0 Å². The fourth-order valence-electron chi connectivity index (χ4n) is 6.47. The summed E-state index contributed by atoms with van der Waals surface area (Å²) in [5.74, 6) is 3.92. The lowest BCUT2D eigenvalue weighted by Gasteiger charge is -2.38. The summed E-state index contributed by atoms with van der Waals surface area (Å²) in [7, 11) is 0. The van der Waals surface area contributed by atoms with E-state index in [2.05, 4.69) is 70.7 Å². The fourth-order valence-corrected chi connectivity index (χ4v) is 6.63. The Hall–Kier alpha value is -2.45. The van der Waals surface area contributed by atoms with Gasteiger partial charge in [-0.05, 0) is 61.7 Å². The van der Waals surface area contributed by atoms with E-state index in [1.807, 2.05) is 0 Å². The van der Waals surface area contributed by atoms with Crippen molar-refractivity contribution >= 4 is 34.9 Å². The van der Waals surface area contributed by atoms with Crippen molar-refractivity contribution in [1.82, 2.24) is 15.3 Å². The van der Waals surface area contributed by atoms with Crippen molar-refractivity contribution in [2.24, 2.45) is 11.8 Å². The minimum atomic E-state index is 0.00520. The number of nitrogens with zero attached hydrogens (tertiary/aromatic N) is 4. The van der Waals surface area contributed by atoms with Crippen molar-refractivity contribution in [3.05, 3.63) is 42.0 Å². The number of nitrogens with one attached hydrogen (secondary N) is 2. The van der Waals surface area contributed by atoms with Crippen LogP contribution in [0.3, 0.4) is 0 Å². The van der Waals surface area contributed by atoms with Gasteiger partial charge < -0.3 is 25.2 Å². The maximum absolute atomic E-state index is 5.80. The number of thiocarbonyl (C=S) groups is 1. The molecule has 38 heavy (non-hydrogen) atoms. The second-order valence-electron chi connectivity index (χ2n) is 11.7. The number of hydrogen-bond donors (Lipinski definition) is 2. The van der Waals surface area contributed by atoms with Crippen LogP contribution in [0.15, 0.2) is 36.4 Å². The number of aromatic nitrogens is 2. The molecule has 0 spiro atoms. The van der Waals surface area contributed by atoms with Crippen LogP contribution in [-0.2, 0) is 10.2 Å². The van der Waals surface area contributed by atoms with Gasteiger partial charge in [-0.3, -0.25) is 0 Å². The number of hydrogen-bond acceptors (Lipinski definition) is 6. The van der Waals surface area contributed by atoms with Gasteiger partial charge in [-0.15, -0.1) is 0 Å². The summed E-state index contributed by atoms with van der Waals surface area (Å²) in [5, 5.41) is 7.46. The van der Waals surface area contributed by atoms with Gasteiger partial charge in [-0.2, -0.15) is 9.97 Å². The van der Waals surface area contributed by atoms with Crippen molar-refractivity contribution in [3.63, 3.8) is 0 Å². The molecule has 2 N–H and O–H groups in total. The maximum Gasteiger partial charge on any atom is 0.232 e. The van der Waals surface area contributed by atoms with Crippen LogP contribution >= 0.6 is 12.2 Å². The van der Waals surface area contributed by atoms with Crippen LogP contribution in [0.4, 0.5) is 17.6 Å². The van der Waals surface area contributed by atoms with Crippen LogP contribution in [0.5, 0.6) is 0 Å². The lowest BCUT2D eigenvalue weighted by atomic mass is 9.74. The molecule has 2 aromatic rings. The molecule has 0 unspecified atom stereocenters. The minimum Gasteiger partial charge on any atom is -0.381 e. The van der Waals surface area contributed by atoms with E-state index in [-0.39, 0.29) is 5.41 Å². The van der Waals surface area contributed by atoms with E-state index in [0.29, 0.717) is 22.9 Å². The largest absolute Gasteiger partial charge is 0.381 e. The molecule has 1 aromatic carbocycles. The molecule has 5 rings (SSSR count). The highest BCUT2D eigenvalue weighted by atomic mass is 32.1. The van der Waals surface area contributed by atoms with Gasteiger partial charge >= 0.3 is 0 Å². The zero-order valence-corrected chi connectivity index (χ0v) is 23.9. The summed E-state index contributed by atoms with van der Waals surface area (Å²) < 4.78 is 5.71. The van der Waals surface area contributed by atoms with E-state index < -0.39 is 0 Å². The third-order valence-corrected chi connectivity index (χ3v) is 8.72. The van der Waals surface area contributed by atoms with Crippen LogP contribution in [0.1, 0.15) is 64.4 Å². The molecule has 0 aliphatic carbocycles. The Morgan fingerprint density at radius 1 is 0.947 bits per heavy atom. The van der Waals surface area contributed by atoms with Gasteiger partial charge in [0.15, 0.2) is 5.11 Å². The number of anilines is 3. The average molecular weight is 537 g/mol. The normalized spacial score (nSPS) is 23.9. The molecular formula is C30H44N6OS. The molecule has 206 valence electrons.